The average molecular weight is 323 g/mol. The number of nitrogens with one attached hydrogen (secondary N) is 1. The van der Waals surface area contributed by atoms with E-state index in [1.54, 1.807) is 16.9 Å². The van der Waals surface area contributed by atoms with Crippen LogP contribution >= 0.6 is 15.9 Å². The average Bonchev–Trinajstić information content (AvgIpc) is 2.75. The second kappa shape index (κ2) is 5.52. The van der Waals surface area contributed by atoms with Crippen molar-refractivity contribution in [3.05, 3.63) is 39.8 Å². The molecule has 0 atom stereocenters. The Kier molecular flexibility index (Phi) is 3.99. The lowest BCUT2D eigenvalue weighted by molar-refractivity contribution is 0.101. The van der Waals surface area contributed by atoms with E-state index in [9.17, 15) is 4.79 Å². The molecule has 19 heavy (non-hydrogen) atoms. The van der Waals surface area contributed by atoms with E-state index in [0.29, 0.717) is 18.1 Å². The molecule has 2 aromatic heterocycles. The molecule has 0 unspecified atom stereocenters. The summed E-state index contributed by atoms with van der Waals surface area (Å²) in [7, 11) is 0. The molecule has 2 aromatic rings. The van der Waals surface area contributed by atoms with Crippen LogP contribution in [0.4, 0.5) is 5.82 Å². The Hall–Kier alpha value is -1.69. The number of nitrogens with zero attached hydrogens (tertiary/aromatic N) is 3. The van der Waals surface area contributed by atoms with Gasteiger partial charge in [-0.25, -0.2) is 4.98 Å². The molecule has 0 saturated heterocycles. The molecule has 0 bridgehead atoms. The van der Waals surface area contributed by atoms with Gasteiger partial charge in [-0.15, -0.1) is 0 Å². The minimum Gasteiger partial charge on any atom is -0.305 e. The van der Waals surface area contributed by atoms with E-state index >= 15 is 0 Å². The number of amides is 1. The first kappa shape index (κ1) is 13.7. The van der Waals surface area contributed by atoms with Crippen LogP contribution < -0.4 is 5.32 Å². The van der Waals surface area contributed by atoms with Crippen LogP contribution in [-0.4, -0.2) is 20.7 Å². The van der Waals surface area contributed by atoms with Crippen molar-refractivity contribution in [3.8, 4) is 0 Å². The molecule has 5 nitrogen and oxygen atoms in total. The monoisotopic (exact) mass is 322 g/mol. The molecule has 0 spiro atoms. The summed E-state index contributed by atoms with van der Waals surface area (Å²) in [6, 6.07) is 3.59. The molecule has 0 aliphatic carbocycles. The van der Waals surface area contributed by atoms with Gasteiger partial charge in [0, 0.05) is 17.2 Å². The lowest BCUT2D eigenvalue weighted by atomic mass is 10.3. The zero-order chi connectivity index (χ0) is 14.0. The molecule has 0 radical (unpaired) electrons. The van der Waals surface area contributed by atoms with Gasteiger partial charge in [-0.2, -0.15) is 5.10 Å². The van der Waals surface area contributed by atoms with Crippen LogP contribution in [0.3, 0.4) is 0 Å². The molecule has 0 aliphatic rings. The number of rotatable bonds is 3. The second-order valence-electron chi connectivity index (χ2n) is 4.26. The van der Waals surface area contributed by atoms with Crippen LogP contribution in [0, 0.1) is 13.8 Å². The molecule has 0 aromatic carbocycles. The van der Waals surface area contributed by atoms with Crippen molar-refractivity contribution in [1.29, 1.82) is 0 Å². The van der Waals surface area contributed by atoms with Crippen molar-refractivity contribution in [3.63, 3.8) is 0 Å². The first-order valence-electron chi connectivity index (χ1n) is 5.99. The van der Waals surface area contributed by atoms with Gasteiger partial charge >= 0.3 is 0 Å². The summed E-state index contributed by atoms with van der Waals surface area (Å²) in [4.78, 5) is 16.3. The Morgan fingerprint density at radius 1 is 1.42 bits per heavy atom. The smallest absolute Gasteiger partial charge is 0.275 e. The third-order valence-electron chi connectivity index (χ3n) is 2.72. The van der Waals surface area contributed by atoms with Crippen molar-refractivity contribution in [2.75, 3.05) is 5.32 Å². The highest BCUT2D eigenvalue weighted by Crippen LogP contribution is 2.17. The van der Waals surface area contributed by atoms with Gasteiger partial charge in [0.2, 0.25) is 0 Å². The Balaban J connectivity index is 2.22. The Morgan fingerprint density at radius 3 is 2.79 bits per heavy atom. The molecular weight excluding hydrogens is 308 g/mol. The van der Waals surface area contributed by atoms with Crippen molar-refractivity contribution >= 4 is 27.7 Å². The van der Waals surface area contributed by atoms with Crippen molar-refractivity contribution < 1.29 is 4.79 Å². The van der Waals surface area contributed by atoms with Crippen molar-refractivity contribution in [1.82, 2.24) is 14.8 Å². The summed E-state index contributed by atoms with van der Waals surface area (Å²) < 4.78 is 2.59. The van der Waals surface area contributed by atoms with E-state index in [1.807, 2.05) is 26.8 Å². The summed E-state index contributed by atoms with van der Waals surface area (Å²) >= 11 is 3.38. The summed E-state index contributed by atoms with van der Waals surface area (Å²) in [5, 5.41) is 7.03. The van der Waals surface area contributed by atoms with Crippen molar-refractivity contribution in [2.24, 2.45) is 0 Å². The topological polar surface area (TPSA) is 59.8 Å². The van der Waals surface area contributed by atoms with Gasteiger partial charge in [-0.05, 0) is 54.4 Å². The van der Waals surface area contributed by atoms with E-state index in [-0.39, 0.29) is 5.91 Å². The van der Waals surface area contributed by atoms with Gasteiger partial charge in [0.25, 0.3) is 5.91 Å². The lowest BCUT2D eigenvalue weighted by Crippen LogP contribution is -2.18. The molecule has 1 amide bonds. The maximum atomic E-state index is 12.2. The molecule has 0 aliphatic heterocycles. The maximum absolute atomic E-state index is 12.2. The van der Waals surface area contributed by atoms with Crippen LogP contribution in [0.1, 0.15) is 28.7 Å². The molecule has 0 fully saturated rings. The molecule has 2 rings (SSSR count). The standard InChI is InChI=1S/C13H15BrN4O/c1-4-18-11(6-9(3)17-18)13(19)16-12-5-8(2)10(14)7-15-12/h5-7H,4H2,1-3H3,(H,15,16,19). The van der Waals surface area contributed by atoms with Crippen LogP contribution in [0.2, 0.25) is 0 Å². The lowest BCUT2D eigenvalue weighted by Gasteiger charge is -2.07. The fraction of sp³-hybridized carbons (Fsp3) is 0.308. The Morgan fingerprint density at radius 2 is 2.16 bits per heavy atom. The maximum Gasteiger partial charge on any atom is 0.275 e. The van der Waals surface area contributed by atoms with Crippen LogP contribution in [0.5, 0.6) is 0 Å². The first-order chi connectivity index (χ1) is 9.01. The van der Waals surface area contributed by atoms with E-state index < -0.39 is 0 Å². The highest BCUT2D eigenvalue weighted by atomic mass is 79.9. The summed E-state index contributed by atoms with van der Waals surface area (Å²) in [5.74, 6) is 0.337. The Bertz CT molecular complexity index is 621. The van der Waals surface area contributed by atoms with E-state index in [0.717, 1.165) is 15.7 Å². The van der Waals surface area contributed by atoms with Gasteiger partial charge < -0.3 is 5.32 Å². The molecule has 2 heterocycles. The fourth-order valence-corrected chi connectivity index (χ4v) is 1.97. The van der Waals surface area contributed by atoms with Gasteiger partial charge in [-0.1, -0.05) is 0 Å². The number of anilines is 1. The molecule has 1 N–H and O–H groups in total. The molecular formula is C13H15BrN4O. The van der Waals surface area contributed by atoms with E-state index in [4.69, 9.17) is 0 Å². The number of hydrogen-bond donors (Lipinski definition) is 1. The summed E-state index contributed by atoms with van der Waals surface area (Å²) in [6.45, 7) is 6.42. The minimum atomic E-state index is -0.198. The second-order valence-corrected chi connectivity index (χ2v) is 5.11. The van der Waals surface area contributed by atoms with E-state index in [2.05, 4.69) is 31.3 Å². The molecule has 100 valence electrons. The zero-order valence-corrected chi connectivity index (χ0v) is 12.7. The van der Waals surface area contributed by atoms with Crippen LogP contribution in [0.25, 0.3) is 0 Å². The van der Waals surface area contributed by atoms with Crippen LogP contribution in [0.15, 0.2) is 22.8 Å². The van der Waals surface area contributed by atoms with Gasteiger partial charge in [0.1, 0.15) is 11.5 Å². The quantitative estimate of drug-likeness (QED) is 0.945. The zero-order valence-electron chi connectivity index (χ0n) is 11.1. The fourth-order valence-electron chi connectivity index (χ4n) is 1.76. The number of hydrogen-bond acceptors (Lipinski definition) is 3. The summed E-state index contributed by atoms with van der Waals surface area (Å²) in [5.41, 5.74) is 2.39. The Labute approximate surface area is 120 Å². The molecule has 0 saturated carbocycles. The largest absolute Gasteiger partial charge is 0.305 e. The van der Waals surface area contributed by atoms with Gasteiger partial charge in [0.05, 0.1) is 5.69 Å². The van der Waals surface area contributed by atoms with Gasteiger partial charge in [-0.3, -0.25) is 9.48 Å². The third-order valence-corrected chi connectivity index (χ3v) is 3.55. The number of carbonyl (C=O) groups is 1. The predicted octanol–water partition coefficient (Wildman–Crippen LogP) is 2.93. The third kappa shape index (κ3) is 3.01. The highest BCUT2D eigenvalue weighted by Gasteiger charge is 2.14. The summed E-state index contributed by atoms with van der Waals surface area (Å²) in [6.07, 6.45) is 1.67. The van der Waals surface area contributed by atoms with Crippen LogP contribution in [-0.2, 0) is 6.54 Å². The van der Waals surface area contributed by atoms with Crippen molar-refractivity contribution in [2.45, 2.75) is 27.3 Å². The number of pyridine rings is 1. The predicted molar refractivity (Wildman–Crippen MR) is 77.3 cm³/mol. The van der Waals surface area contributed by atoms with Gasteiger partial charge in [0.15, 0.2) is 0 Å². The van der Waals surface area contributed by atoms with E-state index in [1.165, 1.54) is 0 Å². The minimum absolute atomic E-state index is 0.198. The number of carbonyl (C=O) groups excluding carboxylic acids is 1. The highest BCUT2D eigenvalue weighted by molar-refractivity contribution is 9.10. The first-order valence-corrected chi connectivity index (χ1v) is 6.78. The number of aromatic nitrogens is 3. The molecule has 6 heteroatoms. The number of aryl methyl sites for hydroxylation is 3. The normalized spacial score (nSPS) is 10.5. The SMILES string of the molecule is CCn1nc(C)cc1C(=O)Nc1cc(C)c(Br)cn1. The number of halogens is 1.